The molecule has 5 heteroatoms. The number of hydrogen-bond donors (Lipinski definition) is 0. The molecule has 2 heterocycles. The molecule has 0 aliphatic carbocycles. The summed E-state index contributed by atoms with van der Waals surface area (Å²) in [4.78, 5) is 18.8. The number of amides is 1. The fourth-order valence-electron chi connectivity index (χ4n) is 3.12. The molecular formula is C20H19N3O2. The lowest BCUT2D eigenvalue weighted by Gasteiger charge is -2.17. The van der Waals surface area contributed by atoms with Gasteiger partial charge in [-0.05, 0) is 37.1 Å². The quantitative estimate of drug-likeness (QED) is 0.730. The fourth-order valence-corrected chi connectivity index (χ4v) is 3.12. The predicted octanol–water partition coefficient (Wildman–Crippen LogP) is 3.87. The second kappa shape index (κ2) is 6.16. The summed E-state index contributed by atoms with van der Waals surface area (Å²) in [6.07, 6.45) is 0.392. The Kier molecular flexibility index (Phi) is 3.84. The third-order valence-electron chi connectivity index (χ3n) is 4.75. The SMILES string of the molecule is Cc1ccc(N2CC(c3nc(-c4ccccc4)no3)CC2=O)cc1C. The van der Waals surface area contributed by atoms with Crippen LogP contribution in [0.5, 0.6) is 0 Å². The lowest BCUT2D eigenvalue weighted by molar-refractivity contribution is -0.117. The number of carbonyl (C=O) groups excluding carboxylic acids is 1. The average Bonchev–Trinajstić information content (AvgIpc) is 3.25. The molecule has 4 rings (SSSR count). The van der Waals surface area contributed by atoms with Gasteiger partial charge in [0.25, 0.3) is 0 Å². The van der Waals surface area contributed by atoms with Crippen LogP contribution in [0, 0.1) is 13.8 Å². The standard InChI is InChI=1S/C20H19N3O2/c1-13-8-9-17(10-14(13)2)23-12-16(11-18(23)24)20-21-19(22-25-20)15-6-4-3-5-7-15/h3-10,16H,11-12H2,1-2H3. The third kappa shape index (κ3) is 2.93. The molecule has 3 aromatic rings. The van der Waals surface area contributed by atoms with E-state index < -0.39 is 0 Å². The van der Waals surface area contributed by atoms with Crippen LogP contribution in [0.2, 0.25) is 0 Å². The van der Waals surface area contributed by atoms with Crippen LogP contribution < -0.4 is 4.90 Å². The van der Waals surface area contributed by atoms with Crippen molar-refractivity contribution in [2.75, 3.05) is 11.4 Å². The van der Waals surface area contributed by atoms with Gasteiger partial charge in [0.1, 0.15) is 0 Å². The Bertz CT molecular complexity index is 918. The van der Waals surface area contributed by atoms with Gasteiger partial charge in [0, 0.05) is 24.2 Å². The third-order valence-corrected chi connectivity index (χ3v) is 4.75. The van der Waals surface area contributed by atoms with Crippen molar-refractivity contribution in [3.05, 3.63) is 65.5 Å². The van der Waals surface area contributed by atoms with Crippen molar-refractivity contribution < 1.29 is 9.32 Å². The summed E-state index contributed by atoms with van der Waals surface area (Å²) in [5.74, 6) is 1.11. The fraction of sp³-hybridized carbons (Fsp3) is 0.250. The van der Waals surface area contributed by atoms with Crippen molar-refractivity contribution in [2.24, 2.45) is 0 Å². The Balaban J connectivity index is 1.56. The first-order valence-electron chi connectivity index (χ1n) is 8.38. The number of anilines is 1. The first-order valence-corrected chi connectivity index (χ1v) is 8.38. The number of carbonyl (C=O) groups is 1. The molecule has 1 aliphatic heterocycles. The van der Waals surface area contributed by atoms with E-state index in [1.165, 1.54) is 11.1 Å². The van der Waals surface area contributed by atoms with Gasteiger partial charge >= 0.3 is 0 Å². The maximum absolute atomic E-state index is 12.5. The van der Waals surface area contributed by atoms with Gasteiger partial charge < -0.3 is 9.42 Å². The van der Waals surface area contributed by atoms with E-state index in [4.69, 9.17) is 4.52 Å². The zero-order valence-corrected chi connectivity index (χ0v) is 14.3. The van der Waals surface area contributed by atoms with E-state index in [1.54, 1.807) is 0 Å². The van der Waals surface area contributed by atoms with E-state index in [0.717, 1.165) is 11.3 Å². The number of benzene rings is 2. The molecule has 1 unspecified atom stereocenters. The van der Waals surface area contributed by atoms with E-state index in [1.807, 2.05) is 47.4 Å². The lowest BCUT2D eigenvalue weighted by Crippen LogP contribution is -2.24. The van der Waals surface area contributed by atoms with Gasteiger partial charge in [-0.25, -0.2) is 0 Å². The largest absolute Gasteiger partial charge is 0.339 e. The van der Waals surface area contributed by atoms with Crippen molar-refractivity contribution in [1.29, 1.82) is 0 Å². The van der Waals surface area contributed by atoms with Crippen LogP contribution in [0.25, 0.3) is 11.4 Å². The molecule has 0 saturated carbocycles. The van der Waals surface area contributed by atoms with Crippen LogP contribution in [0.15, 0.2) is 53.1 Å². The van der Waals surface area contributed by atoms with E-state index >= 15 is 0 Å². The van der Waals surface area contributed by atoms with Crippen molar-refractivity contribution in [1.82, 2.24) is 10.1 Å². The predicted molar refractivity (Wildman–Crippen MR) is 95.4 cm³/mol. The van der Waals surface area contributed by atoms with Crippen LogP contribution in [-0.4, -0.2) is 22.6 Å². The first kappa shape index (κ1) is 15.6. The monoisotopic (exact) mass is 333 g/mol. The maximum atomic E-state index is 12.5. The summed E-state index contributed by atoms with van der Waals surface area (Å²) in [6, 6.07) is 15.8. The molecule has 1 aromatic heterocycles. The molecule has 1 amide bonds. The summed E-state index contributed by atoms with van der Waals surface area (Å²) in [7, 11) is 0. The Morgan fingerprint density at radius 3 is 2.64 bits per heavy atom. The first-order chi connectivity index (χ1) is 12.1. The van der Waals surface area contributed by atoms with E-state index in [0.29, 0.717) is 24.7 Å². The molecular weight excluding hydrogens is 314 g/mol. The Morgan fingerprint density at radius 2 is 1.88 bits per heavy atom. The topological polar surface area (TPSA) is 59.2 Å². The zero-order chi connectivity index (χ0) is 17.4. The van der Waals surface area contributed by atoms with Crippen LogP contribution >= 0.6 is 0 Å². The molecule has 0 N–H and O–H groups in total. The summed E-state index contributed by atoms with van der Waals surface area (Å²) in [6.45, 7) is 4.69. The van der Waals surface area contributed by atoms with Crippen molar-refractivity contribution in [3.8, 4) is 11.4 Å². The molecule has 1 aliphatic rings. The van der Waals surface area contributed by atoms with E-state index in [2.05, 4.69) is 30.1 Å². The highest BCUT2D eigenvalue weighted by Crippen LogP contribution is 2.32. The minimum Gasteiger partial charge on any atom is -0.339 e. The number of nitrogens with zero attached hydrogens (tertiary/aromatic N) is 3. The van der Waals surface area contributed by atoms with Crippen molar-refractivity contribution in [2.45, 2.75) is 26.2 Å². The van der Waals surface area contributed by atoms with Gasteiger partial charge in [0.2, 0.25) is 17.6 Å². The summed E-state index contributed by atoms with van der Waals surface area (Å²) in [5, 5.41) is 4.06. The number of aromatic nitrogens is 2. The molecule has 126 valence electrons. The van der Waals surface area contributed by atoms with Gasteiger partial charge in [-0.3, -0.25) is 4.79 Å². The zero-order valence-electron chi connectivity index (χ0n) is 14.3. The highest BCUT2D eigenvalue weighted by atomic mass is 16.5. The minimum absolute atomic E-state index is 0.0703. The van der Waals surface area contributed by atoms with Gasteiger partial charge in [-0.2, -0.15) is 4.98 Å². The van der Waals surface area contributed by atoms with Crippen LogP contribution in [0.4, 0.5) is 5.69 Å². The summed E-state index contributed by atoms with van der Waals surface area (Å²) < 4.78 is 5.44. The molecule has 0 radical (unpaired) electrons. The number of rotatable bonds is 3. The molecule has 0 spiro atoms. The highest BCUT2D eigenvalue weighted by Gasteiger charge is 2.35. The van der Waals surface area contributed by atoms with Crippen LogP contribution in [0.3, 0.4) is 0 Å². The summed E-state index contributed by atoms with van der Waals surface area (Å²) in [5.41, 5.74) is 4.24. The molecule has 5 nitrogen and oxygen atoms in total. The van der Waals surface area contributed by atoms with E-state index in [9.17, 15) is 4.79 Å². The van der Waals surface area contributed by atoms with E-state index in [-0.39, 0.29) is 11.8 Å². The maximum Gasteiger partial charge on any atom is 0.232 e. The molecule has 1 saturated heterocycles. The Morgan fingerprint density at radius 1 is 1.08 bits per heavy atom. The molecule has 1 atom stereocenters. The Labute approximate surface area is 146 Å². The van der Waals surface area contributed by atoms with Crippen molar-refractivity contribution >= 4 is 11.6 Å². The van der Waals surface area contributed by atoms with Crippen molar-refractivity contribution in [3.63, 3.8) is 0 Å². The summed E-state index contributed by atoms with van der Waals surface area (Å²) >= 11 is 0. The molecule has 25 heavy (non-hydrogen) atoms. The minimum atomic E-state index is -0.0703. The number of hydrogen-bond acceptors (Lipinski definition) is 4. The molecule has 1 fully saturated rings. The average molecular weight is 333 g/mol. The van der Waals surface area contributed by atoms with Gasteiger partial charge in [0.05, 0.1) is 5.92 Å². The van der Waals surface area contributed by atoms with Crippen LogP contribution in [0.1, 0.15) is 29.4 Å². The van der Waals surface area contributed by atoms with Gasteiger partial charge in [-0.1, -0.05) is 41.6 Å². The molecule has 0 bridgehead atoms. The van der Waals surface area contributed by atoms with Gasteiger partial charge in [-0.15, -0.1) is 0 Å². The Hall–Kier alpha value is -2.95. The second-order valence-corrected chi connectivity index (χ2v) is 6.50. The number of aryl methyl sites for hydroxylation is 2. The highest BCUT2D eigenvalue weighted by molar-refractivity contribution is 5.96. The smallest absolute Gasteiger partial charge is 0.232 e. The van der Waals surface area contributed by atoms with Crippen LogP contribution in [-0.2, 0) is 4.79 Å². The second-order valence-electron chi connectivity index (χ2n) is 6.50. The molecule has 2 aromatic carbocycles. The lowest BCUT2D eigenvalue weighted by atomic mass is 10.1. The normalized spacial score (nSPS) is 17.3. The van der Waals surface area contributed by atoms with Gasteiger partial charge in [0.15, 0.2) is 0 Å².